The number of ether oxygens (including phenoxy) is 1. The third kappa shape index (κ3) is 2.63. The van der Waals surface area contributed by atoms with E-state index in [9.17, 15) is 4.79 Å². The summed E-state index contributed by atoms with van der Waals surface area (Å²) in [7, 11) is 1.78. The molecule has 6 heteroatoms. The highest BCUT2D eigenvalue weighted by Crippen LogP contribution is 2.16. The van der Waals surface area contributed by atoms with E-state index in [2.05, 4.69) is 25.8 Å². The molecule has 1 aromatic heterocycles. The molecule has 1 aliphatic heterocycles. The average Bonchev–Trinajstić information content (AvgIpc) is 2.46. The largest absolute Gasteiger partial charge is 0.379 e. The van der Waals surface area contributed by atoms with Crippen LogP contribution in [0.2, 0.25) is 0 Å². The zero-order valence-corrected chi connectivity index (χ0v) is 12.9. The van der Waals surface area contributed by atoms with Crippen LogP contribution in [0.5, 0.6) is 0 Å². The first-order valence-corrected chi connectivity index (χ1v) is 7.40. The van der Waals surface area contributed by atoms with E-state index in [-0.39, 0.29) is 5.56 Å². The molecule has 106 valence electrons. The van der Waals surface area contributed by atoms with Crippen molar-refractivity contribution >= 4 is 26.8 Å². The van der Waals surface area contributed by atoms with Crippen molar-refractivity contribution in [2.45, 2.75) is 6.54 Å². The molecule has 2 heterocycles. The fraction of sp³-hybridized carbons (Fsp3) is 0.429. The quantitative estimate of drug-likeness (QED) is 0.833. The third-order valence-electron chi connectivity index (χ3n) is 3.60. The molecule has 1 aliphatic rings. The number of fused-ring (bicyclic) bond motifs is 1. The molecule has 1 aromatic carbocycles. The Morgan fingerprint density at radius 2 is 2.10 bits per heavy atom. The Bertz CT molecular complexity index is 693. The highest BCUT2D eigenvalue weighted by Gasteiger charge is 2.15. The van der Waals surface area contributed by atoms with Crippen LogP contribution in [-0.4, -0.2) is 40.8 Å². The third-order valence-corrected chi connectivity index (χ3v) is 4.09. The SMILES string of the molecule is Cn1c(CN2CCOCC2)nc2ccc(Br)cc2c1=O. The Morgan fingerprint density at radius 1 is 1.35 bits per heavy atom. The van der Waals surface area contributed by atoms with Crippen molar-refractivity contribution in [2.75, 3.05) is 26.3 Å². The van der Waals surface area contributed by atoms with Crippen molar-refractivity contribution in [3.8, 4) is 0 Å². The first-order valence-electron chi connectivity index (χ1n) is 6.60. The van der Waals surface area contributed by atoms with Gasteiger partial charge in [0.2, 0.25) is 0 Å². The number of rotatable bonds is 2. The van der Waals surface area contributed by atoms with Gasteiger partial charge in [-0.15, -0.1) is 0 Å². The van der Waals surface area contributed by atoms with Gasteiger partial charge in [-0.3, -0.25) is 14.3 Å². The Balaban J connectivity index is 2.01. The molecule has 0 spiro atoms. The van der Waals surface area contributed by atoms with E-state index < -0.39 is 0 Å². The molecule has 0 unspecified atom stereocenters. The van der Waals surface area contributed by atoms with Gasteiger partial charge in [-0.1, -0.05) is 15.9 Å². The van der Waals surface area contributed by atoms with Crippen LogP contribution in [0.3, 0.4) is 0 Å². The standard InChI is InChI=1S/C14H16BrN3O2/c1-17-13(9-18-4-6-20-7-5-18)16-12-3-2-10(15)8-11(12)14(17)19/h2-3,8H,4-7,9H2,1H3. The van der Waals surface area contributed by atoms with Crippen molar-refractivity contribution in [3.63, 3.8) is 0 Å². The number of aromatic nitrogens is 2. The molecule has 0 N–H and O–H groups in total. The average molecular weight is 338 g/mol. The van der Waals surface area contributed by atoms with Gasteiger partial charge in [0.15, 0.2) is 0 Å². The molecular weight excluding hydrogens is 322 g/mol. The molecule has 0 aliphatic carbocycles. The predicted molar refractivity (Wildman–Crippen MR) is 80.8 cm³/mol. The second kappa shape index (κ2) is 5.63. The van der Waals surface area contributed by atoms with Crippen LogP contribution in [0, 0.1) is 0 Å². The van der Waals surface area contributed by atoms with E-state index in [1.165, 1.54) is 0 Å². The maximum absolute atomic E-state index is 12.4. The first kappa shape index (κ1) is 13.7. The summed E-state index contributed by atoms with van der Waals surface area (Å²) >= 11 is 3.39. The molecule has 0 saturated carbocycles. The summed E-state index contributed by atoms with van der Waals surface area (Å²) in [6.07, 6.45) is 0. The molecule has 20 heavy (non-hydrogen) atoms. The molecule has 0 radical (unpaired) electrons. The summed E-state index contributed by atoms with van der Waals surface area (Å²) in [5.74, 6) is 0.798. The fourth-order valence-corrected chi connectivity index (χ4v) is 2.75. The Morgan fingerprint density at radius 3 is 2.85 bits per heavy atom. The number of nitrogens with zero attached hydrogens (tertiary/aromatic N) is 3. The second-order valence-corrected chi connectivity index (χ2v) is 5.86. The van der Waals surface area contributed by atoms with Gasteiger partial charge < -0.3 is 4.74 Å². The maximum atomic E-state index is 12.4. The first-order chi connectivity index (χ1) is 9.65. The van der Waals surface area contributed by atoms with Crippen LogP contribution in [0.4, 0.5) is 0 Å². The van der Waals surface area contributed by atoms with Gasteiger partial charge in [-0.25, -0.2) is 4.98 Å². The van der Waals surface area contributed by atoms with E-state index in [1.54, 1.807) is 11.6 Å². The van der Waals surface area contributed by atoms with Crippen LogP contribution in [0.25, 0.3) is 10.9 Å². The lowest BCUT2D eigenvalue weighted by molar-refractivity contribution is 0.0325. The number of halogens is 1. The smallest absolute Gasteiger partial charge is 0.261 e. The minimum atomic E-state index is -0.000408. The van der Waals surface area contributed by atoms with E-state index in [0.29, 0.717) is 11.9 Å². The van der Waals surface area contributed by atoms with Gasteiger partial charge in [0.05, 0.1) is 30.7 Å². The zero-order valence-electron chi connectivity index (χ0n) is 11.3. The number of hydrogen-bond donors (Lipinski definition) is 0. The lowest BCUT2D eigenvalue weighted by atomic mass is 10.2. The van der Waals surface area contributed by atoms with Crippen LogP contribution < -0.4 is 5.56 Å². The Labute approximate surface area is 125 Å². The van der Waals surface area contributed by atoms with Gasteiger partial charge in [0.25, 0.3) is 5.56 Å². The van der Waals surface area contributed by atoms with Crippen molar-refractivity contribution < 1.29 is 4.74 Å². The number of benzene rings is 1. The maximum Gasteiger partial charge on any atom is 0.261 e. The number of hydrogen-bond acceptors (Lipinski definition) is 4. The normalized spacial score (nSPS) is 16.7. The lowest BCUT2D eigenvalue weighted by Crippen LogP contribution is -2.37. The van der Waals surface area contributed by atoms with Gasteiger partial charge in [-0.05, 0) is 18.2 Å². The molecule has 3 rings (SSSR count). The molecule has 5 nitrogen and oxygen atoms in total. The van der Waals surface area contributed by atoms with Crippen molar-refractivity contribution in [1.29, 1.82) is 0 Å². The summed E-state index contributed by atoms with van der Waals surface area (Å²) < 4.78 is 7.88. The van der Waals surface area contributed by atoms with E-state index >= 15 is 0 Å². The van der Waals surface area contributed by atoms with Gasteiger partial charge in [-0.2, -0.15) is 0 Å². The van der Waals surface area contributed by atoms with Gasteiger partial charge >= 0.3 is 0 Å². The summed E-state index contributed by atoms with van der Waals surface area (Å²) in [6, 6.07) is 5.61. The van der Waals surface area contributed by atoms with E-state index in [4.69, 9.17) is 4.74 Å². The second-order valence-electron chi connectivity index (χ2n) is 4.94. The van der Waals surface area contributed by atoms with Crippen LogP contribution in [0.15, 0.2) is 27.5 Å². The highest BCUT2D eigenvalue weighted by molar-refractivity contribution is 9.10. The van der Waals surface area contributed by atoms with Crippen molar-refractivity contribution in [3.05, 3.63) is 38.9 Å². The topological polar surface area (TPSA) is 47.4 Å². The monoisotopic (exact) mass is 337 g/mol. The van der Waals surface area contributed by atoms with Crippen LogP contribution in [-0.2, 0) is 18.3 Å². The summed E-state index contributed by atoms with van der Waals surface area (Å²) in [6.45, 7) is 3.94. The molecule has 1 saturated heterocycles. The molecular formula is C14H16BrN3O2. The molecule has 0 bridgehead atoms. The summed E-state index contributed by atoms with van der Waals surface area (Å²) in [4.78, 5) is 19.3. The Hall–Kier alpha value is -1.24. The summed E-state index contributed by atoms with van der Waals surface area (Å²) in [5.41, 5.74) is 0.749. The molecule has 1 fully saturated rings. The number of morpholine rings is 1. The summed E-state index contributed by atoms with van der Waals surface area (Å²) in [5, 5.41) is 0.646. The van der Waals surface area contributed by atoms with E-state index in [0.717, 1.165) is 42.1 Å². The van der Waals surface area contributed by atoms with Crippen LogP contribution in [0.1, 0.15) is 5.82 Å². The fourth-order valence-electron chi connectivity index (χ4n) is 2.39. The van der Waals surface area contributed by atoms with E-state index in [1.807, 2.05) is 18.2 Å². The van der Waals surface area contributed by atoms with Crippen molar-refractivity contribution in [2.24, 2.45) is 7.05 Å². The molecule has 0 amide bonds. The highest BCUT2D eigenvalue weighted by atomic mass is 79.9. The minimum Gasteiger partial charge on any atom is -0.379 e. The van der Waals surface area contributed by atoms with Crippen LogP contribution >= 0.6 is 15.9 Å². The Kier molecular flexibility index (Phi) is 3.87. The van der Waals surface area contributed by atoms with Gasteiger partial charge in [0, 0.05) is 24.6 Å². The minimum absolute atomic E-state index is 0.000408. The predicted octanol–water partition coefficient (Wildman–Crippen LogP) is 1.53. The lowest BCUT2D eigenvalue weighted by Gasteiger charge is -2.26. The molecule has 2 aromatic rings. The molecule has 0 atom stereocenters. The van der Waals surface area contributed by atoms with Gasteiger partial charge in [0.1, 0.15) is 5.82 Å². The van der Waals surface area contributed by atoms with Crippen molar-refractivity contribution in [1.82, 2.24) is 14.5 Å². The zero-order chi connectivity index (χ0) is 14.1.